The molecule has 4 rings (SSSR count). The maximum absolute atomic E-state index is 13.2. The minimum atomic E-state index is -0.202. The van der Waals surface area contributed by atoms with E-state index in [1.807, 2.05) is 30.5 Å². The molecular weight excluding hydrogens is 394 g/mol. The van der Waals surface area contributed by atoms with Gasteiger partial charge in [-0.2, -0.15) is 0 Å². The number of rotatable bonds is 5. The number of nitrogens with zero attached hydrogens (tertiary/aromatic N) is 3. The molecule has 0 bridgehead atoms. The van der Waals surface area contributed by atoms with E-state index >= 15 is 0 Å². The molecule has 6 heteroatoms. The first-order valence-electron chi connectivity index (χ1n) is 11.5. The van der Waals surface area contributed by atoms with Gasteiger partial charge in [-0.3, -0.25) is 9.59 Å². The first kappa shape index (κ1) is 21.7. The molecule has 3 heterocycles. The van der Waals surface area contributed by atoms with Crippen LogP contribution in [0.2, 0.25) is 0 Å². The Balaban J connectivity index is 1.32. The van der Waals surface area contributed by atoms with E-state index in [0.717, 1.165) is 37.7 Å². The smallest absolute Gasteiger partial charge is 0.228 e. The van der Waals surface area contributed by atoms with Gasteiger partial charge < -0.3 is 14.7 Å². The topological polar surface area (TPSA) is 43.9 Å². The Morgan fingerprint density at radius 1 is 1.07 bits per heavy atom. The number of piperidine rings is 2. The summed E-state index contributed by atoms with van der Waals surface area (Å²) in [6.07, 6.45) is 7.28. The molecule has 2 amide bonds. The van der Waals surface area contributed by atoms with E-state index in [9.17, 15) is 9.59 Å². The predicted octanol–water partition coefficient (Wildman–Crippen LogP) is 3.73. The molecule has 0 radical (unpaired) electrons. The predicted molar refractivity (Wildman–Crippen MR) is 123 cm³/mol. The van der Waals surface area contributed by atoms with Crippen LogP contribution < -0.4 is 4.90 Å². The van der Waals surface area contributed by atoms with E-state index in [-0.39, 0.29) is 17.7 Å². The Labute approximate surface area is 185 Å². The highest BCUT2D eigenvalue weighted by atomic mass is 32.2. The molecule has 164 valence electrons. The molecule has 0 N–H and O–H groups in total. The number of amides is 2. The molecule has 2 atom stereocenters. The fourth-order valence-corrected chi connectivity index (χ4v) is 5.58. The van der Waals surface area contributed by atoms with Crippen molar-refractivity contribution >= 4 is 29.3 Å². The van der Waals surface area contributed by atoms with E-state index in [4.69, 9.17) is 0 Å². The number of carbonyl (C=O) groups excluding carboxylic acids is 2. The summed E-state index contributed by atoms with van der Waals surface area (Å²) in [5, 5.41) is 0. The third-order valence-electron chi connectivity index (χ3n) is 7.08. The van der Waals surface area contributed by atoms with Gasteiger partial charge in [-0.1, -0.05) is 6.92 Å². The zero-order valence-corrected chi connectivity index (χ0v) is 19.2. The van der Waals surface area contributed by atoms with Crippen molar-refractivity contribution in [1.82, 2.24) is 9.80 Å². The lowest BCUT2D eigenvalue weighted by Gasteiger charge is -2.38. The zero-order chi connectivity index (χ0) is 21.1. The Morgan fingerprint density at radius 3 is 2.50 bits per heavy atom. The van der Waals surface area contributed by atoms with Gasteiger partial charge in [0.2, 0.25) is 11.8 Å². The summed E-state index contributed by atoms with van der Waals surface area (Å²) in [7, 11) is 0. The van der Waals surface area contributed by atoms with E-state index in [2.05, 4.69) is 16.7 Å². The van der Waals surface area contributed by atoms with Gasteiger partial charge in [-0.15, -0.1) is 11.8 Å². The molecule has 30 heavy (non-hydrogen) atoms. The van der Waals surface area contributed by atoms with Crippen LogP contribution >= 0.6 is 11.8 Å². The van der Waals surface area contributed by atoms with Crippen LogP contribution in [0.5, 0.6) is 0 Å². The van der Waals surface area contributed by atoms with Gasteiger partial charge >= 0.3 is 0 Å². The largest absolute Gasteiger partial charge is 0.342 e. The molecule has 3 saturated heterocycles. The molecule has 0 saturated carbocycles. The molecule has 5 nitrogen and oxygen atoms in total. The third-order valence-corrected chi connectivity index (χ3v) is 7.83. The average molecular weight is 430 g/mol. The molecular formula is C24H35N3O2S. The first-order valence-corrected chi connectivity index (χ1v) is 12.7. The number of hydrogen-bond donors (Lipinski definition) is 0. The summed E-state index contributed by atoms with van der Waals surface area (Å²) >= 11 is 1.69. The Bertz CT molecular complexity index is 745. The molecule has 0 aromatic heterocycles. The monoisotopic (exact) mass is 429 g/mol. The standard InChI is InChI=1S/C24H35N3O2S/c1-18-9-12-25(13-10-18)15-19-4-3-11-26(16-19)24(29)20-14-23(28)27(17-20)21-5-7-22(30-2)8-6-21/h5-8,18-20H,3-4,9-17H2,1-2H3. The number of thioether (sulfide) groups is 1. The van der Waals surface area contributed by atoms with Crippen molar-refractivity contribution in [1.29, 1.82) is 0 Å². The van der Waals surface area contributed by atoms with Crippen molar-refractivity contribution in [2.75, 3.05) is 50.4 Å². The van der Waals surface area contributed by atoms with Gasteiger partial charge in [-0.05, 0) is 81.1 Å². The van der Waals surface area contributed by atoms with Crippen LogP contribution in [-0.2, 0) is 9.59 Å². The van der Waals surface area contributed by atoms with Crippen molar-refractivity contribution in [2.24, 2.45) is 17.8 Å². The fraction of sp³-hybridized carbons (Fsp3) is 0.667. The number of anilines is 1. The molecule has 3 aliphatic heterocycles. The third kappa shape index (κ3) is 5.02. The summed E-state index contributed by atoms with van der Waals surface area (Å²) in [6.45, 7) is 8.09. The summed E-state index contributed by atoms with van der Waals surface area (Å²) < 4.78 is 0. The van der Waals surface area contributed by atoms with E-state index in [1.54, 1.807) is 16.7 Å². The van der Waals surface area contributed by atoms with Crippen LogP contribution in [0.25, 0.3) is 0 Å². The highest BCUT2D eigenvalue weighted by Crippen LogP contribution is 2.29. The molecule has 0 spiro atoms. The molecule has 3 aliphatic rings. The molecule has 1 aromatic carbocycles. The van der Waals surface area contributed by atoms with Gasteiger partial charge in [-0.25, -0.2) is 0 Å². The Hall–Kier alpha value is -1.53. The van der Waals surface area contributed by atoms with Gasteiger partial charge in [0.05, 0.1) is 5.92 Å². The van der Waals surface area contributed by atoms with Gasteiger partial charge in [0.25, 0.3) is 0 Å². The van der Waals surface area contributed by atoms with Crippen LogP contribution in [0.4, 0.5) is 5.69 Å². The van der Waals surface area contributed by atoms with Crippen molar-refractivity contribution in [2.45, 2.75) is 43.9 Å². The van der Waals surface area contributed by atoms with Gasteiger partial charge in [0.1, 0.15) is 0 Å². The van der Waals surface area contributed by atoms with Crippen LogP contribution in [0, 0.1) is 17.8 Å². The van der Waals surface area contributed by atoms with Crippen molar-refractivity contribution in [3.63, 3.8) is 0 Å². The van der Waals surface area contributed by atoms with Crippen molar-refractivity contribution in [3.05, 3.63) is 24.3 Å². The fourth-order valence-electron chi connectivity index (χ4n) is 5.17. The number of likely N-dealkylation sites (tertiary alicyclic amines) is 2. The highest BCUT2D eigenvalue weighted by Gasteiger charge is 2.38. The van der Waals surface area contributed by atoms with Crippen LogP contribution in [0.3, 0.4) is 0 Å². The second-order valence-electron chi connectivity index (χ2n) is 9.38. The zero-order valence-electron chi connectivity index (χ0n) is 18.4. The first-order chi connectivity index (χ1) is 14.5. The second-order valence-corrected chi connectivity index (χ2v) is 10.3. The quantitative estimate of drug-likeness (QED) is 0.669. The number of benzene rings is 1. The average Bonchev–Trinajstić information content (AvgIpc) is 3.16. The Morgan fingerprint density at radius 2 is 1.80 bits per heavy atom. The van der Waals surface area contributed by atoms with Crippen LogP contribution in [-0.4, -0.2) is 67.1 Å². The molecule has 3 fully saturated rings. The molecule has 0 aliphatic carbocycles. The molecule has 1 aromatic rings. The van der Waals surface area contributed by atoms with Crippen molar-refractivity contribution < 1.29 is 9.59 Å². The van der Waals surface area contributed by atoms with Gasteiger partial charge in [0.15, 0.2) is 0 Å². The normalized spacial score (nSPS) is 26.4. The van der Waals surface area contributed by atoms with Gasteiger partial charge in [0, 0.05) is 43.2 Å². The highest BCUT2D eigenvalue weighted by molar-refractivity contribution is 7.98. The summed E-state index contributed by atoms with van der Waals surface area (Å²) in [5.41, 5.74) is 0.906. The maximum atomic E-state index is 13.2. The lowest BCUT2D eigenvalue weighted by atomic mass is 9.93. The van der Waals surface area contributed by atoms with Crippen LogP contribution in [0.1, 0.15) is 39.0 Å². The minimum Gasteiger partial charge on any atom is -0.342 e. The van der Waals surface area contributed by atoms with E-state index in [0.29, 0.717) is 18.9 Å². The van der Waals surface area contributed by atoms with E-state index in [1.165, 1.54) is 37.2 Å². The maximum Gasteiger partial charge on any atom is 0.228 e. The molecule has 2 unspecified atom stereocenters. The summed E-state index contributed by atoms with van der Waals surface area (Å²) in [4.78, 5) is 33.5. The lowest BCUT2D eigenvalue weighted by molar-refractivity contribution is -0.137. The van der Waals surface area contributed by atoms with Crippen LogP contribution in [0.15, 0.2) is 29.2 Å². The second kappa shape index (κ2) is 9.73. The Kier molecular flexibility index (Phi) is 7.04. The number of carbonyl (C=O) groups is 2. The summed E-state index contributed by atoms with van der Waals surface area (Å²) in [6, 6.07) is 8.07. The lowest BCUT2D eigenvalue weighted by Crippen LogP contribution is -2.47. The van der Waals surface area contributed by atoms with E-state index < -0.39 is 0 Å². The summed E-state index contributed by atoms with van der Waals surface area (Å²) in [5.74, 6) is 1.48. The SMILES string of the molecule is CSc1ccc(N2CC(C(=O)N3CCCC(CN4CCC(C)CC4)C3)CC2=O)cc1. The number of hydrogen-bond acceptors (Lipinski definition) is 4. The van der Waals surface area contributed by atoms with Crippen molar-refractivity contribution in [3.8, 4) is 0 Å². The minimum absolute atomic E-state index is 0.0706.